The van der Waals surface area contributed by atoms with Crippen LogP contribution >= 0.6 is 11.6 Å². The summed E-state index contributed by atoms with van der Waals surface area (Å²) in [7, 11) is 0. The lowest BCUT2D eigenvalue weighted by Gasteiger charge is -2.07. The summed E-state index contributed by atoms with van der Waals surface area (Å²) >= 11 is 5.84. The van der Waals surface area contributed by atoms with Gasteiger partial charge in [-0.05, 0) is 49.4 Å². The zero-order chi connectivity index (χ0) is 19.2. The number of para-hydroxylation sites is 1. The van der Waals surface area contributed by atoms with Crippen molar-refractivity contribution in [1.29, 1.82) is 0 Å². The molecule has 0 atom stereocenters. The Morgan fingerprint density at radius 1 is 0.852 bits per heavy atom. The number of esters is 1. The van der Waals surface area contributed by atoms with Crippen LogP contribution in [0.1, 0.15) is 31.8 Å². The standard InChI is InChI=1S/C23H17ClO3/c1-16-6-8-17(9-7-16)21(25)15-12-18-4-2-3-5-22(18)27-23(26)19-10-13-20(24)14-11-19/h2-15H,1H3/b15-12+. The molecule has 3 nitrogen and oxygen atoms in total. The van der Waals surface area contributed by atoms with E-state index in [-0.39, 0.29) is 5.78 Å². The Balaban J connectivity index is 1.77. The lowest BCUT2D eigenvalue weighted by Crippen LogP contribution is -2.09. The number of ether oxygens (including phenoxy) is 1. The minimum absolute atomic E-state index is 0.117. The van der Waals surface area contributed by atoms with Gasteiger partial charge in [0.05, 0.1) is 5.56 Å². The number of hydrogen-bond donors (Lipinski definition) is 0. The first kappa shape index (κ1) is 18.6. The molecule has 134 valence electrons. The van der Waals surface area contributed by atoms with E-state index in [1.807, 2.05) is 25.1 Å². The zero-order valence-corrected chi connectivity index (χ0v) is 15.4. The quantitative estimate of drug-likeness (QED) is 0.246. The lowest BCUT2D eigenvalue weighted by atomic mass is 10.1. The van der Waals surface area contributed by atoms with Gasteiger partial charge >= 0.3 is 5.97 Å². The van der Waals surface area contributed by atoms with Crippen molar-refractivity contribution in [2.24, 2.45) is 0 Å². The molecule has 0 aromatic heterocycles. The molecule has 0 aliphatic rings. The summed E-state index contributed by atoms with van der Waals surface area (Å²) in [5.41, 5.74) is 2.73. The van der Waals surface area contributed by atoms with E-state index in [4.69, 9.17) is 16.3 Å². The SMILES string of the molecule is Cc1ccc(C(=O)/C=C/c2ccccc2OC(=O)c2ccc(Cl)cc2)cc1. The van der Waals surface area contributed by atoms with Crippen molar-refractivity contribution in [2.75, 3.05) is 0 Å². The van der Waals surface area contributed by atoms with Crippen molar-refractivity contribution in [3.05, 3.63) is 106 Å². The maximum absolute atomic E-state index is 12.3. The zero-order valence-electron chi connectivity index (χ0n) is 14.7. The highest BCUT2D eigenvalue weighted by molar-refractivity contribution is 6.30. The fraction of sp³-hybridized carbons (Fsp3) is 0.0435. The van der Waals surface area contributed by atoms with Crippen LogP contribution in [-0.2, 0) is 0 Å². The molecule has 4 heteroatoms. The third-order valence-corrected chi connectivity index (χ3v) is 4.20. The fourth-order valence-corrected chi connectivity index (χ4v) is 2.56. The monoisotopic (exact) mass is 376 g/mol. The van der Waals surface area contributed by atoms with Gasteiger partial charge in [-0.25, -0.2) is 4.79 Å². The molecule has 3 aromatic rings. The molecule has 0 spiro atoms. The van der Waals surface area contributed by atoms with Gasteiger partial charge in [0.15, 0.2) is 5.78 Å². The van der Waals surface area contributed by atoms with Gasteiger partial charge in [-0.1, -0.05) is 59.6 Å². The van der Waals surface area contributed by atoms with E-state index in [1.54, 1.807) is 60.7 Å². The summed E-state index contributed by atoms with van der Waals surface area (Å²) in [5, 5.41) is 0.546. The Morgan fingerprint density at radius 3 is 2.19 bits per heavy atom. The van der Waals surface area contributed by atoms with E-state index >= 15 is 0 Å². The van der Waals surface area contributed by atoms with Gasteiger partial charge in [0.25, 0.3) is 0 Å². The van der Waals surface area contributed by atoms with Crippen LogP contribution in [0.5, 0.6) is 5.75 Å². The predicted molar refractivity (Wildman–Crippen MR) is 107 cm³/mol. The molecule has 0 fully saturated rings. The minimum atomic E-state index is -0.489. The molecular weight excluding hydrogens is 360 g/mol. The van der Waals surface area contributed by atoms with Crippen LogP contribution in [-0.4, -0.2) is 11.8 Å². The Bertz CT molecular complexity index is 987. The van der Waals surface area contributed by atoms with Gasteiger partial charge in [-0.3, -0.25) is 4.79 Å². The van der Waals surface area contributed by atoms with Crippen LogP contribution < -0.4 is 4.74 Å². The van der Waals surface area contributed by atoms with Crippen molar-refractivity contribution in [3.8, 4) is 5.75 Å². The molecule has 0 aliphatic carbocycles. The second kappa shape index (κ2) is 8.47. The highest BCUT2D eigenvalue weighted by Crippen LogP contribution is 2.22. The number of allylic oxidation sites excluding steroid dienone is 1. The number of ketones is 1. The molecule has 0 heterocycles. The summed E-state index contributed by atoms with van der Waals surface area (Å²) in [6.07, 6.45) is 3.12. The average Bonchev–Trinajstić information content (AvgIpc) is 2.68. The van der Waals surface area contributed by atoms with Crippen molar-refractivity contribution in [3.63, 3.8) is 0 Å². The lowest BCUT2D eigenvalue weighted by molar-refractivity contribution is 0.0734. The van der Waals surface area contributed by atoms with Crippen molar-refractivity contribution in [1.82, 2.24) is 0 Å². The first-order chi connectivity index (χ1) is 13.0. The second-order valence-corrected chi connectivity index (χ2v) is 6.43. The molecule has 0 saturated carbocycles. The number of rotatable bonds is 5. The molecule has 0 saturated heterocycles. The largest absolute Gasteiger partial charge is 0.422 e. The van der Waals surface area contributed by atoms with E-state index < -0.39 is 5.97 Å². The maximum Gasteiger partial charge on any atom is 0.343 e. The normalized spacial score (nSPS) is 10.7. The summed E-state index contributed by atoms with van der Waals surface area (Å²) < 4.78 is 5.48. The van der Waals surface area contributed by atoms with Gasteiger partial charge in [0.2, 0.25) is 0 Å². The molecular formula is C23H17ClO3. The molecule has 3 rings (SSSR count). The number of carbonyl (C=O) groups is 2. The number of benzene rings is 3. The van der Waals surface area contributed by atoms with Crippen LogP contribution in [0.2, 0.25) is 5.02 Å². The molecule has 3 aromatic carbocycles. The molecule has 0 amide bonds. The number of aryl methyl sites for hydroxylation is 1. The van der Waals surface area contributed by atoms with Gasteiger partial charge < -0.3 is 4.74 Å². The van der Waals surface area contributed by atoms with Crippen LogP contribution in [0.15, 0.2) is 78.9 Å². The maximum atomic E-state index is 12.3. The molecule has 0 aliphatic heterocycles. The van der Waals surface area contributed by atoms with E-state index in [2.05, 4.69) is 0 Å². The molecule has 0 radical (unpaired) electrons. The Labute approximate surface area is 162 Å². The van der Waals surface area contributed by atoms with Crippen molar-refractivity contribution in [2.45, 2.75) is 6.92 Å². The average molecular weight is 377 g/mol. The van der Waals surface area contributed by atoms with Crippen LogP contribution in [0.3, 0.4) is 0 Å². The Kier molecular flexibility index (Phi) is 5.84. The molecule has 27 heavy (non-hydrogen) atoms. The summed E-state index contributed by atoms with van der Waals surface area (Å²) in [4.78, 5) is 24.6. The molecule has 0 bridgehead atoms. The predicted octanol–water partition coefficient (Wildman–Crippen LogP) is 5.76. The smallest absolute Gasteiger partial charge is 0.343 e. The summed E-state index contributed by atoms with van der Waals surface area (Å²) in [6.45, 7) is 1.97. The summed E-state index contributed by atoms with van der Waals surface area (Å²) in [5.74, 6) is -0.225. The molecule has 0 unspecified atom stereocenters. The van der Waals surface area contributed by atoms with E-state index in [9.17, 15) is 9.59 Å². The van der Waals surface area contributed by atoms with Crippen LogP contribution in [0, 0.1) is 6.92 Å². The van der Waals surface area contributed by atoms with Gasteiger partial charge in [0.1, 0.15) is 5.75 Å². The van der Waals surface area contributed by atoms with Crippen molar-refractivity contribution >= 4 is 29.4 Å². The number of hydrogen-bond acceptors (Lipinski definition) is 3. The molecule has 0 N–H and O–H groups in total. The first-order valence-electron chi connectivity index (χ1n) is 8.39. The van der Waals surface area contributed by atoms with Crippen molar-refractivity contribution < 1.29 is 14.3 Å². The highest BCUT2D eigenvalue weighted by atomic mass is 35.5. The van der Waals surface area contributed by atoms with E-state index in [0.29, 0.717) is 27.5 Å². The number of halogens is 1. The second-order valence-electron chi connectivity index (χ2n) is 6.00. The van der Waals surface area contributed by atoms with E-state index in [0.717, 1.165) is 5.56 Å². The Hall–Kier alpha value is -3.17. The number of carbonyl (C=O) groups excluding carboxylic acids is 2. The minimum Gasteiger partial charge on any atom is -0.422 e. The third-order valence-electron chi connectivity index (χ3n) is 3.95. The third kappa shape index (κ3) is 4.93. The highest BCUT2D eigenvalue weighted by Gasteiger charge is 2.11. The first-order valence-corrected chi connectivity index (χ1v) is 8.76. The van der Waals surface area contributed by atoms with Crippen LogP contribution in [0.25, 0.3) is 6.08 Å². The van der Waals surface area contributed by atoms with Gasteiger partial charge in [-0.15, -0.1) is 0 Å². The van der Waals surface area contributed by atoms with Gasteiger partial charge in [0, 0.05) is 16.1 Å². The Morgan fingerprint density at radius 2 is 1.48 bits per heavy atom. The topological polar surface area (TPSA) is 43.4 Å². The van der Waals surface area contributed by atoms with E-state index in [1.165, 1.54) is 6.08 Å². The summed E-state index contributed by atoms with van der Waals surface area (Å²) in [6, 6.07) is 20.9. The fourth-order valence-electron chi connectivity index (χ4n) is 2.44. The van der Waals surface area contributed by atoms with Gasteiger partial charge in [-0.2, -0.15) is 0 Å². The van der Waals surface area contributed by atoms with Crippen LogP contribution in [0.4, 0.5) is 0 Å².